The summed E-state index contributed by atoms with van der Waals surface area (Å²) in [6, 6.07) is 8.28. The van der Waals surface area contributed by atoms with E-state index in [9.17, 15) is 0 Å². The Kier molecular flexibility index (Phi) is 3.69. The molecule has 1 aliphatic rings. The third kappa shape index (κ3) is 2.05. The second kappa shape index (κ2) is 5.07. The first-order valence-corrected chi connectivity index (χ1v) is 6.19. The van der Waals surface area contributed by atoms with Gasteiger partial charge in [0.15, 0.2) is 0 Å². The van der Waals surface area contributed by atoms with Crippen LogP contribution in [-0.4, -0.2) is 26.9 Å². The van der Waals surface area contributed by atoms with Crippen LogP contribution in [0, 0.1) is 5.92 Å². The van der Waals surface area contributed by atoms with Crippen LogP contribution in [0.25, 0.3) is 0 Å². The summed E-state index contributed by atoms with van der Waals surface area (Å²) in [5, 5.41) is 0. The van der Waals surface area contributed by atoms with Crippen LogP contribution < -0.4 is 10.5 Å². The summed E-state index contributed by atoms with van der Waals surface area (Å²) in [4.78, 5) is 0. The molecule has 1 unspecified atom stereocenters. The lowest BCUT2D eigenvalue weighted by Crippen LogP contribution is -2.54. The molecule has 1 aliphatic heterocycles. The van der Waals surface area contributed by atoms with Crippen molar-refractivity contribution < 1.29 is 9.47 Å². The van der Waals surface area contributed by atoms with Gasteiger partial charge in [-0.25, -0.2) is 0 Å². The summed E-state index contributed by atoms with van der Waals surface area (Å²) in [7, 11) is 1.70. The molecule has 1 heterocycles. The third-order valence-corrected chi connectivity index (χ3v) is 3.92. The molecule has 2 rings (SSSR count). The van der Waals surface area contributed by atoms with E-state index in [1.54, 1.807) is 7.11 Å². The van der Waals surface area contributed by atoms with Gasteiger partial charge in [-0.2, -0.15) is 0 Å². The van der Waals surface area contributed by atoms with E-state index >= 15 is 0 Å². The zero-order chi connectivity index (χ0) is 12.3. The van der Waals surface area contributed by atoms with Crippen LogP contribution in [0.15, 0.2) is 24.3 Å². The highest BCUT2D eigenvalue weighted by Gasteiger charge is 2.45. The highest BCUT2D eigenvalue weighted by molar-refractivity contribution is 5.36. The predicted octanol–water partition coefficient (Wildman–Crippen LogP) is 1.95. The first kappa shape index (κ1) is 12.4. The fourth-order valence-corrected chi connectivity index (χ4v) is 2.68. The molecule has 0 spiro atoms. The number of benzene rings is 1. The van der Waals surface area contributed by atoms with E-state index in [0.29, 0.717) is 12.5 Å². The van der Waals surface area contributed by atoms with Crippen molar-refractivity contribution in [2.24, 2.45) is 11.7 Å². The van der Waals surface area contributed by atoms with Crippen molar-refractivity contribution in [1.82, 2.24) is 0 Å². The van der Waals surface area contributed by atoms with Gasteiger partial charge in [-0.1, -0.05) is 25.5 Å². The largest absolute Gasteiger partial charge is 0.497 e. The normalized spacial score (nSPS) is 19.5. The van der Waals surface area contributed by atoms with Crippen LogP contribution >= 0.6 is 0 Å². The average molecular weight is 235 g/mol. The quantitative estimate of drug-likeness (QED) is 0.848. The van der Waals surface area contributed by atoms with Crippen molar-refractivity contribution >= 4 is 0 Å². The molecule has 0 aliphatic carbocycles. The second-order valence-corrected chi connectivity index (χ2v) is 4.72. The summed E-state index contributed by atoms with van der Waals surface area (Å²) < 4.78 is 10.7. The van der Waals surface area contributed by atoms with Gasteiger partial charge in [-0.05, 0) is 30.2 Å². The summed E-state index contributed by atoms with van der Waals surface area (Å²) >= 11 is 0. The minimum absolute atomic E-state index is 0.0953. The number of rotatable bonds is 5. The number of hydrogen-bond donors (Lipinski definition) is 1. The van der Waals surface area contributed by atoms with E-state index in [-0.39, 0.29) is 5.41 Å². The minimum Gasteiger partial charge on any atom is -0.497 e. The molecule has 0 aromatic heterocycles. The molecule has 1 aromatic rings. The molecule has 1 atom stereocenters. The van der Waals surface area contributed by atoms with Crippen molar-refractivity contribution in [2.75, 3.05) is 26.9 Å². The Bertz CT molecular complexity index is 370. The summed E-state index contributed by atoms with van der Waals surface area (Å²) in [5.41, 5.74) is 7.29. The Labute approximate surface area is 103 Å². The fraction of sp³-hybridized carbons (Fsp3) is 0.571. The summed E-state index contributed by atoms with van der Waals surface area (Å²) in [6.07, 6.45) is 1.08. The molecule has 2 N–H and O–H groups in total. The van der Waals surface area contributed by atoms with Gasteiger partial charge in [0.05, 0.1) is 20.3 Å². The van der Waals surface area contributed by atoms with Gasteiger partial charge in [0.2, 0.25) is 0 Å². The Hall–Kier alpha value is -1.06. The van der Waals surface area contributed by atoms with E-state index in [2.05, 4.69) is 19.1 Å². The molecule has 1 aromatic carbocycles. The molecule has 0 radical (unpaired) electrons. The van der Waals surface area contributed by atoms with Gasteiger partial charge < -0.3 is 15.2 Å². The van der Waals surface area contributed by atoms with Crippen molar-refractivity contribution in [2.45, 2.75) is 18.8 Å². The topological polar surface area (TPSA) is 44.5 Å². The van der Waals surface area contributed by atoms with Crippen LogP contribution in [0.2, 0.25) is 0 Å². The standard InChI is InChI=1S/C14H21NO2/c1-3-11(8-15)14(9-17-10-14)12-5-4-6-13(7-12)16-2/h4-7,11H,3,8-10,15H2,1-2H3. The molecule has 94 valence electrons. The Balaban J connectivity index is 2.33. The predicted molar refractivity (Wildman–Crippen MR) is 68.3 cm³/mol. The van der Waals surface area contributed by atoms with Gasteiger partial charge in [0.1, 0.15) is 5.75 Å². The van der Waals surface area contributed by atoms with Crippen LogP contribution in [0.3, 0.4) is 0 Å². The monoisotopic (exact) mass is 235 g/mol. The number of ether oxygens (including phenoxy) is 2. The lowest BCUT2D eigenvalue weighted by atomic mass is 9.67. The Morgan fingerprint density at radius 3 is 2.71 bits per heavy atom. The molecular weight excluding hydrogens is 214 g/mol. The van der Waals surface area contributed by atoms with Gasteiger partial charge >= 0.3 is 0 Å². The first-order chi connectivity index (χ1) is 8.26. The van der Waals surface area contributed by atoms with Crippen molar-refractivity contribution in [3.63, 3.8) is 0 Å². The van der Waals surface area contributed by atoms with Crippen LogP contribution in [0.4, 0.5) is 0 Å². The molecule has 1 saturated heterocycles. The third-order valence-electron chi connectivity index (χ3n) is 3.92. The number of hydrogen-bond acceptors (Lipinski definition) is 3. The lowest BCUT2D eigenvalue weighted by Gasteiger charge is -2.47. The molecule has 17 heavy (non-hydrogen) atoms. The van der Waals surface area contributed by atoms with Crippen LogP contribution in [0.5, 0.6) is 5.75 Å². The SMILES string of the molecule is CCC(CN)C1(c2cccc(OC)c2)COC1. The van der Waals surface area contributed by atoms with Gasteiger partial charge in [0.25, 0.3) is 0 Å². The van der Waals surface area contributed by atoms with Crippen LogP contribution in [0.1, 0.15) is 18.9 Å². The van der Waals surface area contributed by atoms with Crippen molar-refractivity contribution in [1.29, 1.82) is 0 Å². The fourth-order valence-electron chi connectivity index (χ4n) is 2.68. The van der Waals surface area contributed by atoms with Crippen molar-refractivity contribution in [3.8, 4) is 5.75 Å². The average Bonchev–Trinajstić information content (AvgIpc) is 2.33. The van der Waals surface area contributed by atoms with E-state index in [4.69, 9.17) is 15.2 Å². The maximum absolute atomic E-state index is 5.90. The first-order valence-electron chi connectivity index (χ1n) is 6.19. The highest BCUT2D eigenvalue weighted by Crippen LogP contribution is 2.41. The molecular formula is C14H21NO2. The molecule has 1 fully saturated rings. The maximum atomic E-state index is 5.90. The zero-order valence-electron chi connectivity index (χ0n) is 10.6. The van der Waals surface area contributed by atoms with Gasteiger partial charge in [-0.15, -0.1) is 0 Å². The van der Waals surface area contributed by atoms with E-state index in [0.717, 1.165) is 25.4 Å². The van der Waals surface area contributed by atoms with E-state index in [1.807, 2.05) is 12.1 Å². The van der Waals surface area contributed by atoms with E-state index in [1.165, 1.54) is 5.56 Å². The Morgan fingerprint density at radius 1 is 1.47 bits per heavy atom. The van der Waals surface area contributed by atoms with Crippen molar-refractivity contribution in [3.05, 3.63) is 29.8 Å². The molecule has 3 nitrogen and oxygen atoms in total. The lowest BCUT2D eigenvalue weighted by molar-refractivity contribution is -0.0898. The second-order valence-electron chi connectivity index (χ2n) is 4.72. The molecule has 0 saturated carbocycles. The summed E-state index contributed by atoms with van der Waals surface area (Å²) in [6.45, 7) is 4.45. The van der Waals surface area contributed by atoms with Crippen LogP contribution in [-0.2, 0) is 10.2 Å². The molecule has 3 heteroatoms. The zero-order valence-corrected chi connectivity index (χ0v) is 10.6. The van der Waals surface area contributed by atoms with Gasteiger partial charge in [0, 0.05) is 5.41 Å². The minimum atomic E-state index is 0.0953. The molecule has 0 amide bonds. The number of methoxy groups -OCH3 is 1. The van der Waals surface area contributed by atoms with E-state index < -0.39 is 0 Å². The van der Waals surface area contributed by atoms with Gasteiger partial charge in [-0.3, -0.25) is 0 Å². The smallest absolute Gasteiger partial charge is 0.119 e. The number of nitrogens with two attached hydrogens (primary N) is 1. The highest BCUT2D eigenvalue weighted by atomic mass is 16.5. The Morgan fingerprint density at radius 2 is 2.24 bits per heavy atom. The maximum Gasteiger partial charge on any atom is 0.119 e. The summed E-state index contributed by atoms with van der Waals surface area (Å²) in [5.74, 6) is 1.38. The molecule has 0 bridgehead atoms.